The Labute approximate surface area is 135 Å². The third-order valence-electron chi connectivity index (χ3n) is 3.25. The minimum Gasteiger partial charge on any atom is -0.339 e. The number of hydrogen-bond donors (Lipinski definition) is 1. The van der Waals surface area contributed by atoms with Gasteiger partial charge in [-0.3, -0.25) is 9.59 Å². The lowest BCUT2D eigenvalue weighted by Gasteiger charge is -2.18. The highest BCUT2D eigenvalue weighted by atomic mass is 79.9. The Bertz CT molecular complexity index is 456. The molecule has 0 aliphatic carbocycles. The highest BCUT2D eigenvalue weighted by Crippen LogP contribution is 2.12. The van der Waals surface area contributed by atoms with Crippen molar-refractivity contribution in [2.24, 2.45) is 0 Å². The first-order valence-electron chi connectivity index (χ1n) is 7.37. The monoisotopic (exact) mass is 354 g/mol. The van der Waals surface area contributed by atoms with Gasteiger partial charge in [0.1, 0.15) is 0 Å². The molecule has 0 saturated carbocycles. The summed E-state index contributed by atoms with van der Waals surface area (Å²) in [5.74, 6) is 0.0361. The standard InChI is InChI=1S/C16H23BrN2O2/c1-3-19(4-2)16(21)13-8-10-14(11-9-13)18-15(20)7-5-6-12-17/h8-11H,3-7,12H2,1-2H3,(H,18,20). The van der Waals surface area contributed by atoms with Gasteiger partial charge in [0.05, 0.1) is 0 Å². The summed E-state index contributed by atoms with van der Waals surface area (Å²) in [7, 11) is 0. The van der Waals surface area contributed by atoms with Gasteiger partial charge in [-0.05, 0) is 51.0 Å². The van der Waals surface area contributed by atoms with E-state index in [-0.39, 0.29) is 11.8 Å². The summed E-state index contributed by atoms with van der Waals surface area (Å²) in [5, 5.41) is 3.76. The van der Waals surface area contributed by atoms with E-state index in [9.17, 15) is 9.59 Å². The number of nitrogens with one attached hydrogen (secondary N) is 1. The van der Waals surface area contributed by atoms with Gasteiger partial charge >= 0.3 is 0 Å². The molecule has 1 N–H and O–H groups in total. The molecule has 0 aliphatic rings. The Kier molecular flexibility index (Phi) is 8.05. The smallest absolute Gasteiger partial charge is 0.253 e. The molecule has 0 aliphatic heterocycles. The number of alkyl halides is 1. The second-order valence-electron chi connectivity index (χ2n) is 4.75. The van der Waals surface area contributed by atoms with Crippen LogP contribution in [0.3, 0.4) is 0 Å². The molecule has 0 atom stereocenters. The zero-order valence-electron chi connectivity index (χ0n) is 12.7. The van der Waals surface area contributed by atoms with Gasteiger partial charge in [-0.1, -0.05) is 15.9 Å². The number of anilines is 1. The van der Waals surface area contributed by atoms with Crippen LogP contribution in [0.5, 0.6) is 0 Å². The third kappa shape index (κ3) is 5.87. The van der Waals surface area contributed by atoms with Gasteiger partial charge in [-0.2, -0.15) is 0 Å². The van der Waals surface area contributed by atoms with Gasteiger partial charge < -0.3 is 10.2 Å². The van der Waals surface area contributed by atoms with E-state index in [2.05, 4.69) is 21.2 Å². The Balaban J connectivity index is 2.57. The van der Waals surface area contributed by atoms with Crippen LogP contribution < -0.4 is 5.32 Å². The van der Waals surface area contributed by atoms with Crippen LogP contribution in [0.1, 0.15) is 43.5 Å². The van der Waals surface area contributed by atoms with E-state index < -0.39 is 0 Å². The molecule has 21 heavy (non-hydrogen) atoms. The first kappa shape index (κ1) is 17.7. The largest absolute Gasteiger partial charge is 0.339 e. The minimum absolute atomic E-state index is 0.0127. The Morgan fingerprint density at radius 2 is 1.71 bits per heavy atom. The van der Waals surface area contributed by atoms with Gasteiger partial charge in [0.2, 0.25) is 5.91 Å². The Morgan fingerprint density at radius 1 is 1.10 bits per heavy atom. The van der Waals surface area contributed by atoms with E-state index in [4.69, 9.17) is 0 Å². The Hall–Kier alpha value is -1.36. The fourth-order valence-corrected chi connectivity index (χ4v) is 2.39. The first-order chi connectivity index (χ1) is 10.1. The van der Waals surface area contributed by atoms with E-state index >= 15 is 0 Å². The van der Waals surface area contributed by atoms with Crippen LogP contribution in [0.15, 0.2) is 24.3 Å². The van der Waals surface area contributed by atoms with Crippen molar-refractivity contribution < 1.29 is 9.59 Å². The number of unbranched alkanes of at least 4 members (excludes halogenated alkanes) is 1. The molecule has 0 bridgehead atoms. The fourth-order valence-electron chi connectivity index (χ4n) is 1.99. The van der Waals surface area contributed by atoms with E-state index in [1.807, 2.05) is 13.8 Å². The van der Waals surface area contributed by atoms with Crippen LogP contribution in [-0.4, -0.2) is 35.1 Å². The van der Waals surface area contributed by atoms with E-state index in [1.165, 1.54) is 0 Å². The number of halogens is 1. The predicted octanol–water partition coefficient (Wildman–Crippen LogP) is 3.67. The average molecular weight is 355 g/mol. The molecule has 2 amide bonds. The lowest BCUT2D eigenvalue weighted by molar-refractivity contribution is -0.116. The summed E-state index contributed by atoms with van der Waals surface area (Å²) in [6.07, 6.45) is 2.38. The topological polar surface area (TPSA) is 49.4 Å². The zero-order valence-corrected chi connectivity index (χ0v) is 14.3. The van der Waals surface area contributed by atoms with E-state index in [0.717, 1.165) is 23.9 Å². The van der Waals surface area contributed by atoms with Gasteiger partial charge in [0.15, 0.2) is 0 Å². The van der Waals surface area contributed by atoms with Gasteiger partial charge in [0, 0.05) is 36.1 Å². The summed E-state index contributed by atoms with van der Waals surface area (Å²) in [6, 6.07) is 7.07. The summed E-state index contributed by atoms with van der Waals surface area (Å²) in [5.41, 5.74) is 1.38. The van der Waals surface area contributed by atoms with Gasteiger partial charge in [-0.15, -0.1) is 0 Å². The van der Waals surface area contributed by atoms with Crippen molar-refractivity contribution in [3.05, 3.63) is 29.8 Å². The molecule has 0 aromatic heterocycles. The zero-order chi connectivity index (χ0) is 15.7. The molecule has 5 heteroatoms. The Morgan fingerprint density at radius 3 is 2.24 bits per heavy atom. The molecule has 116 valence electrons. The lowest BCUT2D eigenvalue weighted by Crippen LogP contribution is -2.30. The van der Waals surface area contributed by atoms with Crippen molar-refractivity contribution >= 4 is 33.4 Å². The molecule has 0 heterocycles. The average Bonchev–Trinajstić information content (AvgIpc) is 2.49. The number of hydrogen-bond acceptors (Lipinski definition) is 2. The van der Waals surface area contributed by atoms with Crippen LogP contribution in [0.25, 0.3) is 0 Å². The molecule has 1 aromatic carbocycles. The van der Waals surface area contributed by atoms with E-state index in [0.29, 0.717) is 25.1 Å². The molecule has 4 nitrogen and oxygen atoms in total. The van der Waals surface area contributed by atoms with Crippen molar-refractivity contribution in [2.45, 2.75) is 33.1 Å². The molecular weight excluding hydrogens is 332 g/mol. The third-order valence-corrected chi connectivity index (χ3v) is 3.81. The highest BCUT2D eigenvalue weighted by Gasteiger charge is 2.12. The normalized spacial score (nSPS) is 10.2. The molecular formula is C16H23BrN2O2. The molecule has 0 spiro atoms. The van der Waals surface area contributed by atoms with Crippen molar-refractivity contribution in [3.63, 3.8) is 0 Å². The molecule has 0 radical (unpaired) electrons. The van der Waals surface area contributed by atoms with Crippen LogP contribution in [0.2, 0.25) is 0 Å². The second-order valence-corrected chi connectivity index (χ2v) is 5.54. The summed E-state index contributed by atoms with van der Waals surface area (Å²) in [6.45, 7) is 5.31. The number of amides is 2. The molecule has 0 fully saturated rings. The quantitative estimate of drug-likeness (QED) is 0.571. The number of rotatable bonds is 8. The maximum atomic E-state index is 12.1. The van der Waals surface area contributed by atoms with E-state index in [1.54, 1.807) is 29.2 Å². The van der Waals surface area contributed by atoms with Gasteiger partial charge in [0.25, 0.3) is 5.91 Å². The SMILES string of the molecule is CCN(CC)C(=O)c1ccc(NC(=O)CCCCBr)cc1. The van der Waals surface area contributed by atoms with Crippen LogP contribution >= 0.6 is 15.9 Å². The van der Waals surface area contributed by atoms with Crippen molar-refractivity contribution in [1.29, 1.82) is 0 Å². The number of benzene rings is 1. The highest BCUT2D eigenvalue weighted by molar-refractivity contribution is 9.09. The van der Waals surface area contributed by atoms with Gasteiger partial charge in [-0.25, -0.2) is 0 Å². The predicted molar refractivity (Wildman–Crippen MR) is 90.0 cm³/mol. The number of carbonyl (C=O) groups excluding carboxylic acids is 2. The fraction of sp³-hybridized carbons (Fsp3) is 0.500. The summed E-state index contributed by atoms with van der Waals surface area (Å²) < 4.78 is 0. The van der Waals surface area contributed by atoms with Crippen molar-refractivity contribution in [3.8, 4) is 0 Å². The van der Waals surface area contributed by atoms with Crippen LogP contribution in [0.4, 0.5) is 5.69 Å². The number of nitrogens with zero attached hydrogens (tertiary/aromatic N) is 1. The lowest BCUT2D eigenvalue weighted by atomic mass is 10.1. The van der Waals surface area contributed by atoms with Crippen molar-refractivity contribution in [2.75, 3.05) is 23.7 Å². The molecule has 1 aromatic rings. The summed E-state index contributed by atoms with van der Waals surface area (Å²) in [4.78, 5) is 25.6. The maximum Gasteiger partial charge on any atom is 0.253 e. The second kappa shape index (κ2) is 9.55. The van der Waals surface area contributed by atoms with Crippen LogP contribution in [-0.2, 0) is 4.79 Å². The first-order valence-corrected chi connectivity index (χ1v) is 8.49. The summed E-state index contributed by atoms with van der Waals surface area (Å²) >= 11 is 3.34. The minimum atomic E-state index is 0.0127. The van der Waals surface area contributed by atoms with Crippen molar-refractivity contribution in [1.82, 2.24) is 4.90 Å². The van der Waals surface area contributed by atoms with Crippen LogP contribution in [0, 0.1) is 0 Å². The maximum absolute atomic E-state index is 12.1. The number of carbonyl (C=O) groups is 2. The molecule has 0 saturated heterocycles. The molecule has 0 unspecified atom stereocenters. The molecule has 1 rings (SSSR count).